The molecule has 0 aliphatic carbocycles. The van der Waals surface area contributed by atoms with Gasteiger partial charge in [-0.05, 0) is 31.4 Å². The molecular formula is C19H22N4O2. The van der Waals surface area contributed by atoms with Crippen molar-refractivity contribution in [2.45, 2.75) is 32.1 Å². The minimum Gasteiger partial charge on any atom is -0.350 e. The number of carbonyl (C=O) groups excluding carboxylic acids is 1. The fraction of sp³-hybridized carbons (Fsp3) is 0.421. The fourth-order valence-electron chi connectivity index (χ4n) is 3.69. The van der Waals surface area contributed by atoms with Gasteiger partial charge in [0.15, 0.2) is 5.82 Å². The summed E-state index contributed by atoms with van der Waals surface area (Å²) in [5.41, 5.74) is 2.44. The first-order chi connectivity index (χ1) is 12.1. The van der Waals surface area contributed by atoms with Crippen LogP contribution in [0.15, 0.2) is 35.0 Å². The Balaban J connectivity index is 1.39. The lowest BCUT2D eigenvalue weighted by Gasteiger charge is -2.15. The van der Waals surface area contributed by atoms with Crippen molar-refractivity contribution in [1.29, 1.82) is 0 Å². The topological polar surface area (TPSA) is 64.2 Å². The molecule has 1 aliphatic heterocycles. The number of aromatic nitrogens is 3. The lowest BCUT2D eigenvalue weighted by molar-refractivity contribution is -0.130. The molecule has 0 N–H and O–H groups in total. The monoisotopic (exact) mass is 338 g/mol. The summed E-state index contributed by atoms with van der Waals surface area (Å²) >= 11 is 0. The second kappa shape index (κ2) is 6.35. The molecule has 130 valence electrons. The lowest BCUT2D eigenvalue weighted by Crippen LogP contribution is -2.28. The van der Waals surface area contributed by atoms with Gasteiger partial charge < -0.3 is 14.0 Å². The smallest absolute Gasteiger partial charge is 0.231 e. The Morgan fingerprint density at radius 1 is 1.36 bits per heavy atom. The number of likely N-dealkylation sites (tertiary alicyclic amines) is 1. The molecule has 6 heteroatoms. The Morgan fingerprint density at radius 2 is 2.20 bits per heavy atom. The van der Waals surface area contributed by atoms with Crippen LogP contribution in [0.2, 0.25) is 0 Å². The van der Waals surface area contributed by atoms with E-state index in [0.717, 1.165) is 19.4 Å². The summed E-state index contributed by atoms with van der Waals surface area (Å²) in [5.74, 6) is 1.67. The quantitative estimate of drug-likeness (QED) is 0.734. The van der Waals surface area contributed by atoms with Crippen LogP contribution >= 0.6 is 0 Å². The predicted octanol–water partition coefficient (Wildman–Crippen LogP) is 2.82. The maximum absolute atomic E-state index is 12.6. The zero-order chi connectivity index (χ0) is 17.4. The average molecular weight is 338 g/mol. The number of nitrogens with zero attached hydrogens (tertiary/aromatic N) is 4. The van der Waals surface area contributed by atoms with Crippen molar-refractivity contribution in [3.63, 3.8) is 0 Å². The van der Waals surface area contributed by atoms with E-state index in [4.69, 9.17) is 4.52 Å². The van der Waals surface area contributed by atoms with Gasteiger partial charge >= 0.3 is 0 Å². The zero-order valence-corrected chi connectivity index (χ0v) is 14.6. The van der Waals surface area contributed by atoms with Crippen LogP contribution in [-0.4, -0.2) is 38.6 Å². The molecular weight excluding hydrogens is 316 g/mol. The molecule has 1 saturated heterocycles. The highest BCUT2D eigenvalue weighted by Crippen LogP contribution is 2.27. The van der Waals surface area contributed by atoms with Gasteiger partial charge in [-0.25, -0.2) is 0 Å². The van der Waals surface area contributed by atoms with E-state index in [1.807, 2.05) is 31.0 Å². The molecule has 25 heavy (non-hydrogen) atoms. The normalized spacial score (nSPS) is 17.5. The first-order valence-electron chi connectivity index (χ1n) is 8.73. The summed E-state index contributed by atoms with van der Waals surface area (Å²) in [6, 6.07) is 8.32. The van der Waals surface area contributed by atoms with Gasteiger partial charge in [-0.15, -0.1) is 0 Å². The molecule has 1 aliphatic rings. The summed E-state index contributed by atoms with van der Waals surface area (Å²) in [4.78, 5) is 18.8. The Labute approximate surface area is 146 Å². The number of carbonyl (C=O) groups is 1. The molecule has 6 nitrogen and oxygen atoms in total. The SMILES string of the molecule is Cc1noc(C2CCN(C(=O)CCc3cn(C)c4ccccc34)C2)n1. The van der Waals surface area contributed by atoms with E-state index in [9.17, 15) is 4.79 Å². The molecule has 1 amide bonds. The van der Waals surface area contributed by atoms with Crippen molar-refractivity contribution in [3.8, 4) is 0 Å². The Kier molecular flexibility index (Phi) is 4.03. The molecule has 4 rings (SSSR count). The number of hydrogen-bond acceptors (Lipinski definition) is 4. The van der Waals surface area contributed by atoms with Gasteiger partial charge in [-0.3, -0.25) is 4.79 Å². The van der Waals surface area contributed by atoms with E-state index < -0.39 is 0 Å². The molecule has 0 radical (unpaired) electrons. The molecule has 2 aromatic heterocycles. The van der Waals surface area contributed by atoms with Crippen molar-refractivity contribution in [2.24, 2.45) is 7.05 Å². The maximum atomic E-state index is 12.6. The standard InChI is InChI=1S/C19H22N4O2/c1-13-20-19(25-21-13)15-9-10-23(12-15)18(24)8-7-14-11-22(2)17-6-4-3-5-16(14)17/h3-6,11,15H,7-10,12H2,1-2H3. The van der Waals surface area contributed by atoms with E-state index in [2.05, 4.69) is 33.0 Å². The highest BCUT2D eigenvalue weighted by atomic mass is 16.5. The van der Waals surface area contributed by atoms with Gasteiger partial charge in [0.05, 0.1) is 5.92 Å². The summed E-state index contributed by atoms with van der Waals surface area (Å²) in [5, 5.41) is 5.08. The highest BCUT2D eigenvalue weighted by Gasteiger charge is 2.30. The molecule has 0 saturated carbocycles. The minimum absolute atomic E-state index is 0.169. The summed E-state index contributed by atoms with van der Waals surface area (Å²) in [6.45, 7) is 3.26. The number of aryl methyl sites for hydroxylation is 3. The van der Waals surface area contributed by atoms with E-state index in [0.29, 0.717) is 24.7 Å². The van der Waals surface area contributed by atoms with E-state index in [1.54, 1.807) is 0 Å². The van der Waals surface area contributed by atoms with Crippen LogP contribution in [-0.2, 0) is 18.3 Å². The van der Waals surface area contributed by atoms with Crippen LogP contribution in [0, 0.1) is 6.92 Å². The van der Waals surface area contributed by atoms with Gasteiger partial charge in [0, 0.05) is 43.7 Å². The Morgan fingerprint density at radius 3 is 3.00 bits per heavy atom. The summed E-state index contributed by atoms with van der Waals surface area (Å²) in [6.07, 6.45) is 4.32. The van der Waals surface area contributed by atoms with Gasteiger partial charge in [0.2, 0.25) is 11.8 Å². The van der Waals surface area contributed by atoms with Gasteiger partial charge in [0.1, 0.15) is 0 Å². The third kappa shape index (κ3) is 3.04. The molecule has 1 unspecified atom stereocenters. The third-order valence-corrected chi connectivity index (χ3v) is 5.02. The van der Waals surface area contributed by atoms with E-state index in [1.165, 1.54) is 16.5 Å². The van der Waals surface area contributed by atoms with Crippen LogP contribution in [0.3, 0.4) is 0 Å². The molecule has 1 fully saturated rings. The number of fused-ring (bicyclic) bond motifs is 1. The first-order valence-corrected chi connectivity index (χ1v) is 8.73. The summed E-state index contributed by atoms with van der Waals surface area (Å²) in [7, 11) is 2.05. The highest BCUT2D eigenvalue weighted by molar-refractivity contribution is 5.85. The average Bonchev–Trinajstić information content (AvgIpc) is 3.32. The lowest BCUT2D eigenvalue weighted by atomic mass is 10.1. The van der Waals surface area contributed by atoms with Crippen molar-refractivity contribution in [2.75, 3.05) is 13.1 Å². The molecule has 3 aromatic rings. The molecule has 1 aromatic carbocycles. The first kappa shape index (κ1) is 15.9. The number of hydrogen-bond donors (Lipinski definition) is 0. The van der Waals surface area contributed by atoms with Crippen molar-refractivity contribution in [3.05, 3.63) is 47.7 Å². The molecule has 3 heterocycles. The second-order valence-corrected chi connectivity index (χ2v) is 6.79. The fourth-order valence-corrected chi connectivity index (χ4v) is 3.69. The molecule has 0 spiro atoms. The zero-order valence-electron chi connectivity index (χ0n) is 14.6. The van der Waals surface area contributed by atoms with Crippen molar-refractivity contribution >= 4 is 16.8 Å². The predicted molar refractivity (Wildman–Crippen MR) is 94.2 cm³/mol. The van der Waals surface area contributed by atoms with Gasteiger partial charge in [0.25, 0.3) is 0 Å². The molecule has 1 atom stereocenters. The van der Waals surface area contributed by atoms with Crippen LogP contribution in [0.1, 0.15) is 36.0 Å². The van der Waals surface area contributed by atoms with Crippen LogP contribution in [0.4, 0.5) is 0 Å². The number of amides is 1. The third-order valence-electron chi connectivity index (χ3n) is 5.02. The Hall–Kier alpha value is -2.63. The van der Waals surface area contributed by atoms with Crippen LogP contribution in [0.5, 0.6) is 0 Å². The van der Waals surface area contributed by atoms with E-state index in [-0.39, 0.29) is 11.8 Å². The largest absolute Gasteiger partial charge is 0.350 e. The van der Waals surface area contributed by atoms with Gasteiger partial charge in [-0.1, -0.05) is 23.4 Å². The number of rotatable bonds is 4. The second-order valence-electron chi connectivity index (χ2n) is 6.79. The maximum Gasteiger partial charge on any atom is 0.231 e. The number of benzene rings is 1. The molecule has 0 bridgehead atoms. The summed E-state index contributed by atoms with van der Waals surface area (Å²) < 4.78 is 7.38. The van der Waals surface area contributed by atoms with Crippen LogP contribution < -0.4 is 0 Å². The van der Waals surface area contributed by atoms with Crippen molar-refractivity contribution in [1.82, 2.24) is 19.6 Å². The minimum atomic E-state index is 0.169. The van der Waals surface area contributed by atoms with Crippen molar-refractivity contribution < 1.29 is 9.32 Å². The Bertz CT molecular complexity index is 911. The number of para-hydroxylation sites is 1. The van der Waals surface area contributed by atoms with E-state index >= 15 is 0 Å². The van der Waals surface area contributed by atoms with Crippen LogP contribution in [0.25, 0.3) is 10.9 Å². The van der Waals surface area contributed by atoms with Gasteiger partial charge in [-0.2, -0.15) is 4.98 Å².